The highest BCUT2D eigenvalue weighted by molar-refractivity contribution is 6.10. The average Bonchev–Trinajstić information content (AvgIpc) is 2.95. The molecule has 0 aliphatic carbocycles. The van der Waals surface area contributed by atoms with Gasteiger partial charge in [-0.1, -0.05) is 24.3 Å². The average molecular weight is 300 g/mol. The highest BCUT2D eigenvalue weighted by Gasteiger charge is 2.24. The van der Waals surface area contributed by atoms with Gasteiger partial charge in [0.2, 0.25) is 0 Å². The van der Waals surface area contributed by atoms with Crippen LogP contribution in [-0.4, -0.2) is 14.5 Å². The first-order valence-corrected chi connectivity index (χ1v) is 7.88. The Morgan fingerprint density at radius 1 is 1.00 bits per heavy atom. The second-order valence-electron chi connectivity index (χ2n) is 6.33. The minimum absolute atomic E-state index is 0.357. The molecule has 0 spiro atoms. The van der Waals surface area contributed by atoms with Crippen LogP contribution in [0.4, 0.5) is 11.5 Å². The van der Waals surface area contributed by atoms with Gasteiger partial charge in [0.25, 0.3) is 0 Å². The maximum absolute atomic E-state index is 4.51. The van der Waals surface area contributed by atoms with Gasteiger partial charge in [-0.2, -0.15) is 0 Å². The maximum atomic E-state index is 4.51. The lowest BCUT2D eigenvalue weighted by atomic mass is 9.97. The van der Waals surface area contributed by atoms with Crippen molar-refractivity contribution >= 4 is 33.3 Å². The zero-order chi connectivity index (χ0) is 15.6. The number of nitrogens with zero attached hydrogens (tertiary/aromatic N) is 3. The van der Waals surface area contributed by atoms with Gasteiger partial charge in [-0.15, -0.1) is 0 Å². The van der Waals surface area contributed by atoms with Crippen LogP contribution >= 0.6 is 0 Å². The predicted molar refractivity (Wildman–Crippen MR) is 94.1 cm³/mol. The minimum atomic E-state index is 0.357. The second-order valence-corrected chi connectivity index (χ2v) is 6.33. The monoisotopic (exact) mass is 300 g/mol. The minimum Gasteiger partial charge on any atom is -0.339 e. The number of nitrogens with one attached hydrogen (secondary N) is 1. The Morgan fingerprint density at radius 3 is 2.57 bits per heavy atom. The predicted octanol–water partition coefficient (Wildman–Crippen LogP) is 4.89. The zero-order valence-electron chi connectivity index (χ0n) is 13.0. The summed E-state index contributed by atoms with van der Waals surface area (Å²) in [5.41, 5.74) is 4.53. The summed E-state index contributed by atoms with van der Waals surface area (Å²) >= 11 is 0. The molecule has 112 valence electrons. The number of anilines is 2. The van der Waals surface area contributed by atoms with Crippen molar-refractivity contribution < 1.29 is 0 Å². The van der Waals surface area contributed by atoms with Crippen LogP contribution in [0.1, 0.15) is 19.9 Å². The Labute approximate surface area is 133 Å². The fourth-order valence-electron chi connectivity index (χ4n) is 3.47. The number of benzene rings is 2. The molecule has 0 saturated carbocycles. The smallest absolute Gasteiger partial charge is 0.146 e. The number of aromatic nitrogens is 3. The van der Waals surface area contributed by atoms with Crippen LogP contribution < -0.4 is 5.32 Å². The van der Waals surface area contributed by atoms with Crippen LogP contribution in [0.25, 0.3) is 32.9 Å². The van der Waals surface area contributed by atoms with Crippen molar-refractivity contribution in [2.24, 2.45) is 0 Å². The van der Waals surface area contributed by atoms with E-state index in [4.69, 9.17) is 0 Å². The van der Waals surface area contributed by atoms with Crippen molar-refractivity contribution in [3.05, 3.63) is 48.9 Å². The summed E-state index contributed by atoms with van der Waals surface area (Å²) in [5, 5.41) is 7.08. The highest BCUT2D eigenvalue weighted by Crippen LogP contribution is 2.45. The molecule has 5 rings (SSSR count). The zero-order valence-corrected chi connectivity index (χ0v) is 13.0. The second kappa shape index (κ2) is 4.32. The van der Waals surface area contributed by atoms with E-state index in [1.165, 1.54) is 21.9 Å². The Kier molecular flexibility index (Phi) is 2.37. The van der Waals surface area contributed by atoms with Gasteiger partial charge in [-0.25, -0.2) is 9.97 Å². The van der Waals surface area contributed by atoms with Crippen LogP contribution in [0, 0.1) is 0 Å². The van der Waals surface area contributed by atoms with Crippen LogP contribution in [0.15, 0.2) is 48.9 Å². The lowest BCUT2D eigenvalue weighted by Gasteiger charge is -2.18. The standard InChI is InChI=1S/C19H16N4/c1-11(2)23-9-15-14-7-12-5-3-4-6-13(12)8-16(14)22-18-17(15)19(23)21-10-20-18/h3-11H,1-2H3,(H,20,21,22). The van der Waals surface area contributed by atoms with Gasteiger partial charge in [-0.05, 0) is 36.8 Å². The van der Waals surface area contributed by atoms with Crippen molar-refractivity contribution in [2.45, 2.75) is 19.9 Å². The number of rotatable bonds is 1. The molecule has 0 saturated heterocycles. The Balaban J connectivity index is 1.91. The Hall–Kier alpha value is -2.88. The molecule has 0 fully saturated rings. The molecule has 4 nitrogen and oxygen atoms in total. The molecule has 1 aliphatic rings. The van der Waals surface area contributed by atoms with Gasteiger partial charge in [0, 0.05) is 29.1 Å². The number of hydrogen-bond acceptors (Lipinski definition) is 3. The normalized spacial score (nSPS) is 12.7. The summed E-state index contributed by atoms with van der Waals surface area (Å²) in [5.74, 6) is 0.896. The molecular formula is C19H16N4. The maximum Gasteiger partial charge on any atom is 0.146 e. The van der Waals surface area contributed by atoms with E-state index in [-0.39, 0.29) is 0 Å². The van der Waals surface area contributed by atoms with Crippen molar-refractivity contribution in [3.63, 3.8) is 0 Å². The van der Waals surface area contributed by atoms with E-state index in [9.17, 15) is 0 Å². The SMILES string of the molecule is CC(C)n1cc2c3c(ncnc31)Nc1cc3ccccc3cc1-2. The topological polar surface area (TPSA) is 42.7 Å². The summed E-state index contributed by atoms with van der Waals surface area (Å²) in [6.07, 6.45) is 3.85. The van der Waals surface area contributed by atoms with Gasteiger partial charge in [0.1, 0.15) is 17.8 Å². The summed E-state index contributed by atoms with van der Waals surface area (Å²) in [6, 6.07) is 13.3. The lowest BCUT2D eigenvalue weighted by molar-refractivity contribution is 0.618. The van der Waals surface area contributed by atoms with Gasteiger partial charge in [0.05, 0.1) is 5.39 Å². The van der Waals surface area contributed by atoms with E-state index in [1.54, 1.807) is 6.33 Å². The summed E-state index contributed by atoms with van der Waals surface area (Å²) in [4.78, 5) is 8.97. The molecule has 4 aromatic rings. The largest absolute Gasteiger partial charge is 0.339 e. The molecule has 23 heavy (non-hydrogen) atoms. The molecule has 0 atom stereocenters. The van der Waals surface area contributed by atoms with Crippen molar-refractivity contribution in [3.8, 4) is 11.1 Å². The highest BCUT2D eigenvalue weighted by atomic mass is 15.1. The first-order valence-electron chi connectivity index (χ1n) is 7.88. The molecule has 1 aliphatic heterocycles. The molecular weight excluding hydrogens is 284 g/mol. The Morgan fingerprint density at radius 2 is 1.78 bits per heavy atom. The van der Waals surface area contributed by atoms with E-state index in [0.29, 0.717) is 6.04 Å². The molecule has 1 N–H and O–H groups in total. The first-order chi connectivity index (χ1) is 11.2. The van der Waals surface area contributed by atoms with E-state index in [1.807, 2.05) is 0 Å². The molecule has 3 heterocycles. The van der Waals surface area contributed by atoms with Crippen molar-refractivity contribution in [2.75, 3.05) is 5.32 Å². The third-order valence-corrected chi connectivity index (χ3v) is 4.59. The van der Waals surface area contributed by atoms with Crippen molar-refractivity contribution in [1.29, 1.82) is 0 Å². The first kappa shape index (κ1) is 12.6. The van der Waals surface area contributed by atoms with Gasteiger partial charge in [-0.3, -0.25) is 0 Å². The number of hydrogen-bond donors (Lipinski definition) is 1. The molecule has 4 heteroatoms. The lowest BCUT2D eigenvalue weighted by Crippen LogP contribution is -2.03. The van der Waals surface area contributed by atoms with Gasteiger partial charge < -0.3 is 9.88 Å². The van der Waals surface area contributed by atoms with E-state index in [0.717, 1.165) is 22.5 Å². The third-order valence-electron chi connectivity index (χ3n) is 4.59. The number of fused-ring (bicyclic) bond motifs is 3. The van der Waals surface area contributed by atoms with Crippen LogP contribution in [0.3, 0.4) is 0 Å². The fourth-order valence-corrected chi connectivity index (χ4v) is 3.47. The van der Waals surface area contributed by atoms with Crippen molar-refractivity contribution in [1.82, 2.24) is 14.5 Å². The molecule has 0 bridgehead atoms. The van der Waals surface area contributed by atoms with E-state index < -0.39 is 0 Å². The molecule has 0 unspecified atom stereocenters. The third kappa shape index (κ3) is 1.66. The molecule has 2 aromatic heterocycles. The molecule has 0 amide bonds. The van der Waals surface area contributed by atoms with Gasteiger partial charge in [0.15, 0.2) is 0 Å². The van der Waals surface area contributed by atoms with Crippen LogP contribution in [-0.2, 0) is 0 Å². The fraction of sp³-hybridized carbons (Fsp3) is 0.158. The quantitative estimate of drug-likeness (QED) is 0.479. The van der Waals surface area contributed by atoms with Gasteiger partial charge >= 0.3 is 0 Å². The Bertz CT molecular complexity index is 1080. The van der Waals surface area contributed by atoms with E-state index in [2.05, 4.69) is 76.3 Å². The molecule has 2 aromatic carbocycles. The van der Waals surface area contributed by atoms with Crippen LogP contribution in [0.2, 0.25) is 0 Å². The molecule has 0 radical (unpaired) electrons. The van der Waals surface area contributed by atoms with Crippen LogP contribution in [0.5, 0.6) is 0 Å². The summed E-state index contributed by atoms with van der Waals surface area (Å²) < 4.78 is 2.22. The van der Waals surface area contributed by atoms with E-state index >= 15 is 0 Å². The summed E-state index contributed by atoms with van der Waals surface area (Å²) in [7, 11) is 0. The summed E-state index contributed by atoms with van der Waals surface area (Å²) in [6.45, 7) is 4.36.